The summed E-state index contributed by atoms with van der Waals surface area (Å²) in [5.74, 6) is -0.248. The van der Waals surface area contributed by atoms with Crippen molar-refractivity contribution < 1.29 is 32.8 Å². The summed E-state index contributed by atoms with van der Waals surface area (Å²) < 4.78 is 26.3. The number of alkyl halides is 2. The predicted molar refractivity (Wildman–Crippen MR) is 517 cm³/mol. The van der Waals surface area contributed by atoms with E-state index in [1.165, 1.54) is 22.3 Å². The quantitative estimate of drug-likeness (QED) is 0.0197. The maximum atomic E-state index is 13.1. The van der Waals surface area contributed by atoms with Gasteiger partial charge in [0.05, 0.1) is 62.6 Å². The van der Waals surface area contributed by atoms with Gasteiger partial charge in [-0.3, -0.25) is 69.5 Å². The van der Waals surface area contributed by atoms with Crippen molar-refractivity contribution in [2.24, 2.45) is 15.0 Å². The average Bonchev–Trinajstić information content (AvgIpc) is 1.65. The SMILES string of the molecule is CC(F)(F)c1cnc(-c2ccc3[nH]nc(N)c3c2)[nH]1.CC(NC(=O)c1ccc2[nH]nc(N)c2c1)c1ccc2c(c1)=NCN=2.Cc1[nH]nc2ccc(C=NCC(=O)Cc3cccc(Cl)c3)cc12.Cc1cccc(CCC(=O)/C=C/c2ccc3[nH]nc(N)c3c2)c1.Cc1cccc(CCC(=O)CCc2ccc3[nH]nc(N)c3c2)c1.Nc1n[nH]c2ccc(C(=O)NCc3ccccc3)cc12. The molecule has 0 radical (unpaired) electrons. The van der Waals surface area contributed by atoms with Crippen LogP contribution < -0.4 is 50.0 Å². The van der Waals surface area contributed by atoms with Crippen molar-refractivity contribution >= 4 is 148 Å². The number of nitrogens with two attached hydrogens (primary N) is 5. The van der Waals surface area contributed by atoms with Gasteiger partial charge in [0, 0.05) is 105 Å². The Kier molecular flexibility index (Phi) is 29.5. The predicted octanol–water partition coefficient (Wildman–Crippen LogP) is 16.6. The van der Waals surface area contributed by atoms with E-state index < -0.39 is 5.92 Å². The molecule has 0 bridgehead atoms. The van der Waals surface area contributed by atoms with E-state index in [0.717, 1.165) is 148 Å². The molecule has 2 amide bonds. The van der Waals surface area contributed by atoms with Gasteiger partial charge in [-0.25, -0.2) is 4.98 Å². The van der Waals surface area contributed by atoms with Crippen molar-refractivity contribution in [2.75, 3.05) is 41.9 Å². The number of aromatic amines is 7. The van der Waals surface area contributed by atoms with Crippen LogP contribution in [0.2, 0.25) is 5.02 Å². The first-order chi connectivity index (χ1) is 63.6. The topological polar surface area (TPSA) is 477 Å². The number of H-pyrrole nitrogens is 7. The number of hydrogen-bond donors (Lipinski definition) is 14. The summed E-state index contributed by atoms with van der Waals surface area (Å²) in [5.41, 5.74) is 47.5. The summed E-state index contributed by atoms with van der Waals surface area (Å²) in [5, 5.41) is 54.4. The number of fused-ring (bicyclic) bond motifs is 7. The van der Waals surface area contributed by atoms with Crippen LogP contribution in [0, 0.1) is 20.8 Å². The first kappa shape index (κ1) is 91.8. The Labute approximate surface area is 760 Å². The molecule has 1 aliphatic heterocycles. The average molecular weight is 1790 g/mol. The minimum absolute atomic E-state index is 0.0593. The zero-order valence-electron chi connectivity index (χ0n) is 72.9. The highest BCUT2D eigenvalue weighted by molar-refractivity contribution is 6.30. The van der Waals surface area contributed by atoms with E-state index in [0.29, 0.717) is 101 Å². The number of nitrogens with one attached hydrogen (secondary N) is 9. The number of allylic oxidation sites excluding steroid dienone is 1. The van der Waals surface area contributed by atoms with Gasteiger partial charge in [0.15, 0.2) is 40.7 Å². The molecule has 0 spiro atoms. The van der Waals surface area contributed by atoms with Gasteiger partial charge in [0.25, 0.3) is 17.7 Å². The van der Waals surface area contributed by atoms with Gasteiger partial charge in [-0.1, -0.05) is 144 Å². The lowest BCUT2D eigenvalue weighted by atomic mass is 10.0. The lowest BCUT2D eigenvalue weighted by molar-refractivity contribution is -0.119. The summed E-state index contributed by atoms with van der Waals surface area (Å²) in [6.45, 7) is 10.0. The summed E-state index contributed by atoms with van der Waals surface area (Å²) >= 11 is 5.92. The van der Waals surface area contributed by atoms with Gasteiger partial charge in [0.1, 0.15) is 24.0 Å². The van der Waals surface area contributed by atoms with Crippen LogP contribution in [0.5, 0.6) is 0 Å². The third-order valence-electron chi connectivity index (χ3n) is 21.8. The highest BCUT2D eigenvalue weighted by Crippen LogP contribution is 2.31. The molecule has 0 saturated carbocycles. The Morgan fingerprint density at radius 3 is 1.62 bits per heavy atom. The number of rotatable bonds is 24. The number of aromatic nitrogens is 14. The molecule has 11 aromatic carbocycles. The van der Waals surface area contributed by atoms with Crippen molar-refractivity contribution in [3.8, 4) is 11.4 Å². The molecule has 0 aliphatic carbocycles. The molecule has 668 valence electrons. The Bertz CT molecular complexity index is 7400. The van der Waals surface area contributed by atoms with Crippen molar-refractivity contribution in [1.29, 1.82) is 0 Å². The number of anilines is 5. The summed E-state index contributed by atoms with van der Waals surface area (Å²) in [4.78, 5) is 80.1. The maximum Gasteiger partial charge on any atom is 0.286 e. The Morgan fingerprint density at radius 1 is 0.492 bits per heavy atom. The molecule has 19 rings (SSSR count). The second-order valence-corrected chi connectivity index (χ2v) is 32.3. The second kappa shape index (κ2) is 42.4. The fraction of sp³-hybridized carbons (Fsp3) is 0.170. The van der Waals surface area contributed by atoms with Crippen LogP contribution >= 0.6 is 11.6 Å². The molecule has 8 heterocycles. The zero-order chi connectivity index (χ0) is 93.0. The Morgan fingerprint density at radius 2 is 1.02 bits per heavy atom. The third-order valence-corrected chi connectivity index (χ3v) is 22.0. The summed E-state index contributed by atoms with van der Waals surface area (Å²) in [6, 6.07) is 73.0. The number of Topliss-reactive ketones (excluding diaryl/α,β-unsaturated/α-hetero) is 2. The second-order valence-electron chi connectivity index (χ2n) is 31.9. The number of benzene rings is 11. The van der Waals surface area contributed by atoms with Crippen LogP contribution in [0.25, 0.3) is 82.9 Å². The molecule has 7 aromatic heterocycles. The molecule has 0 fully saturated rings. The number of ketones is 3. The van der Waals surface area contributed by atoms with E-state index in [1.807, 2.05) is 147 Å². The van der Waals surface area contributed by atoms with E-state index in [9.17, 15) is 32.8 Å². The van der Waals surface area contributed by atoms with Gasteiger partial charge in [0.2, 0.25) is 0 Å². The highest BCUT2D eigenvalue weighted by Gasteiger charge is 2.27. The summed E-state index contributed by atoms with van der Waals surface area (Å²) in [7, 11) is 0. The molecular weight excluding hydrogens is 1690 g/mol. The third kappa shape index (κ3) is 24.5. The van der Waals surface area contributed by atoms with Gasteiger partial charge >= 0.3 is 0 Å². The fourth-order valence-electron chi connectivity index (χ4n) is 14.5. The standard InChI is InChI=1S/C19H21N3O.C19H19N3O.C18H16ClN3O.C17H16N6O.C15H14N4O.C12H11F2N5/c2*1-13-3-2-4-14(11-13)5-8-16(23)9-6-15-7-10-18-17(12-15)19(20)22-21-18;1-12-17-9-14(5-6-18(17)22-21-12)10-20-11-16(23)8-13-3-2-4-15(19)7-13;1-9(10-2-5-14-15(7-10)20-8-19-14)21-17(24)11-3-4-13-12(6-11)16(18)23-22-13;16-14-12-8-11(6-7-13(12)18-19-14)15(20)17-9-10-4-2-1-3-5-10;1-12(13,14)9-5-16-11(17-9)6-2-3-8-7(4-6)10(15)19-18-8/h2-4,7,10-12H,5-6,8-9H2,1H3,(H3,20,21,22);2-4,6-7,9-12H,5,8H2,1H3,(H3,20,21,22);2-7,9-10H,8,11H2,1H3,(H,21,22);2-7,9H,8H2,1H3,(H,21,24)(H3,18,22,23);1-8H,9H2,(H,17,20)(H3,16,18,19);2-5H,1H3,(H,16,17)(H3,15,18,19)/b;9-6+;;;;. The van der Waals surface area contributed by atoms with E-state index in [2.05, 4.69) is 147 Å². The van der Waals surface area contributed by atoms with Crippen molar-refractivity contribution in [1.82, 2.24) is 81.8 Å². The molecule has 132 heavy (non-hydrogen) atoms. The first-order valence-corrected chi connectivity index (χ1v) is 42.8. The molecule has 0 saturated heterocycles. The number of nitrogen functional groups attached to an aromatic ring is 5. The molecule has 29 nitrogen and oxygen atoms in total. The van der Waals surface area contributed by atoms with Crippen LogP contribution in [-0.2, 0) is 52.5 Å². The van der Waals surface area contributed by atoms with Crippen molar-refractivity contribution in [3.05, 3.63) is 337 Å². The molecule has 32 heteroatoms. The number of nitrogens with zero attached hydrogens (tertiary/aromatic N) is 10. The lowest BCUT2D eigenvalue weighted by Gasteiger charge is -2.14. The Hall–Kier alpha value is -16.4. The molecular formula is C100H97ClF2N24O5. The lowest BCUT2D eigenvalue weighted by Crippen LogP contribution is -2.29. The van der Waals surface area contributed by atoms with Crippen LogP contribution in [-0.4, -0.2) is 120 Å². The van der Waals surface area contributed by atoms with Crippen LogP contribution in [0.3, 0.4) is 0 Å². The molecule has 1 atom stereocenters. The minimum Gasteiger partial charge on any atom is -0.382 e. The molecule has 18 aromatic rings. The van der Waals surface area contributed by atoms with Crippen LogP contribution in [0.15, 0.2) is 258 Å². The van der Waals surface area contributed by atoms with Crippen LogP contribution in [0.1, 0.15) is 127 Å². The van der Waals surface area contributed by atoms with E-state index in [4.69, 9.17) is 40.3 Å². The normalized spacial score (nSPS) is 11.8. The number of aryl methyl sites for hydroxylation is 6. The number of carbonyl (C=O) groups is 5. The number of carbonyl (C=O) groups excluding carboxylic acids is 5. The van der Waals surface area contributed by atoms with E-state index >= 15 is 0 Å². The smallest absolute Gasteiger partial charge is 0.286 e. The monoisotopic (exact) mass is 1790 g/mol. The molecule has 19 N–H and O–H groups in total. The first-order valence-electron chi connectivity index (χ1n) is 42.4. The molecule has 1 aliphatic rings. The molecule has 1 unspecified atom stereocenters. The van der Waals surface area contributed by atoms with Crippen LogP contribution in [0.4, 0.5) is 37.9 Å². The van der Waals surface area contributed by atoms with Gasteiger partial charge in [-0.2, -0.15) is 39.4 Å². The number of hydrogen-bond acceptors (Lipinski definition) is 20. The summed E-state index contributed by atoms with van der Waals surface area (Å²) in [6.07, 6.45) is 10.7. The maximum absolute atomic E-state index is 13.1. The number of imidazole rings is 1. The minimum atomic E-state index is -2.94. The number of amides is 2. The van der Waals surface area contributed by atoms with Crippen molar-refractivity contribution in [3.63, 3.8) is 0 Å². The largest absolute Gasteiger partial charge is 0.382 e. The fourth-order valence-corrected chi connectivity index (χ4v) is 14.7. The Balaban J connectivity index is 0.000000128. The van der Waals surface area contributed by atoms with E-state index in [-0.39, 0.29) is 41.7 Å². The van der Waals surface area contributed by atoms with Gasteiger partial charge in [-0.15, -0.1) is 0 Å². The highest BCUT2D eigenvalue weighted by atomic mass is 35.5. The van der Waals surface area contributed by atoms with Gasteiger partial charge < -0.3 is 44.3 Å². The van der Waals surface area contributed by atoms with E-state index in [1.54, 1.807) is 79.0 Å². The van der Waals surface area contributed by atoms with Gasteiger partial charge in [-0.05, 0) is 213 Å². The number of halogens is 3. The zero-order valence-corrected chi connectivity index (χ0v) is 73.7. The number of aliphatic imine (C=N–C) groups is 1. The van der Waals surface area contributed by atoms with Crippen molar-refractivity contribution in [2.45, 2.75) is 98.1 Å².